The van der Waals surface area contributed by atoms with Gasteiger partial charge in [0, 0.05) is 13.1 Å². The van der Waals surface area contributed by atoms with Crippen LogP contribution in [0.15, 0.2) is 71.3 Å². The van der Waals surface area contributed by atoms with Crippen molar-refractivity contribution in [2.24, 2.45) is 0 Å². The summed E-state index contributed by atoms with van der Waals surface area (Å²) in [5.41, 5.74) is 0.587. The van der Waals surface area contributed by atoms with Gasteiger partial charge in [0.15, 0.2) is 6.61 Å². The number of non-ortho nitro benzene ring substituents is 1. The molecule has 9 heteroatoms. The van der Waals surface area contributed by atoms with Crippen molar-refractivity contribution in [1.82, 2.24) is 5.32 Å². The molecule has 0 bridgehead atoms. The highest BCUT2D eigenvalue weighted by Crippen LogP contribution is 2.21. The van der Waals surface area contributed by atoms with Gasteiger partial charge in [-0.25, -0.2) is 0 Å². The maximum absolute atomic E-state index is 12.6. The van der Waals surface area contributed by atoms with Crippen LogP contribution in [0.4, 0.5) is 11.4 Å². The third-order valence-electron chi connectivity index (χ3n) is 4.28. The Kier molecular flexibility index (Phi) is 6.43. The number of carbonyl (C=O) groups excluding carboxylic acids is 2. The van der Waals surface area contributed by atoms with Gasteiger partial charge in [-0.2, -0.15) is 0 Å². The van der Waals surface area contributed by atoms with E-state index in [-0.39, 0.29) is 30.5 Å². The zero-order chi connectivity index (χ0) is 21.5. The maximum atomic E-state index is 12.6. The molecule has 0 aliphatic rings. The molecular formula is C21H19N3O6. The molecule has 3 aromatic rings. The van der Waals surface area contributed by atoms with E-state index in [1.807, 2.05) is 0 Å². The Morgan fingerprint density at radius 2 is 1.93 bits per heavy atom. The first-order valence-corrected chi connectivity index (χ1v) is 8.99. The van der Waals surface area contributed by atoms with Crippen LogP contribution in [0.2, 0.25) is 0 Å². The largest absolute Gasteiger partial charge is 0.483 e. The first-order chi connectivity index (χ1) is 14.5. The molecule has 154 valence electrons. The highest BCUT2D eigenvalue weighted by atomic mass is 16.6. The SMILES string of the molecule is CN(C(=O)COc1cccc([N+](=O)[O-])c1)c1ccccc1C(=O)NCc1ccco1. The number of furan rings is 1. The van der Waals surface area contributed by atoms with Crippen molar-refractivity contribution < 1.29 is 23.7 Å². The summed E-state index contributed by atoms with van der Waals surface area (Å²) in [6, 6.07) is 15.7. The van der Waals surface area contributed by atoms with E-state index in [1.165, 1.54) is 42.5 Å². The number of amides is 2. The summed E-state index contributed by atoms with van der Waals surface area (Å²) in [7, 11) is 1.53. The van der Waals surface area contributed by atoms with E-state index in [0.29, 0.717) is 17.0 Å². The monoisotopic (exact) mass is 409 g/mol. The van der Waals surface area contributed by atoms with Gasteiger partial charge < -0.3 is 19.4 Å². The minimum absolute atomic E-state index is 0.133. The number of nitrogens with one attached hydrogen (secondary N) is 1. The summed E-state index contributed by atoms with van der Waals surface area (Å²) in [5.74, 6) is 0.0279. The molecule has 0 fully saturated rings. The van der Waals surface area contributed by atoms with E-state index in [9.17, 15) is 19.7 Å². The van der Waals surface area contributed by atoms with Gasteiger partial charge in [-0.05, 0) is 30.3 Å². The quantitative estimate of drug-likeness (QED) is 0.451. The second-order valence-corrected chi connectivity index (χ2v) is 6.28. The Hall–Kier alpha value is -4.14. The molecule has 0 saturated carbocycles. The van der Waals surface area contributed by atoms with Crippen LogP contribution in [-0.2, 0) is 11.3 Å². The molecule has 0 radical (unpaired) electrons. The molecule has 3 rings (SSSR count). The zero-order valence-electron chi connectivity index (χ0n) is 16.1. The molecular weight excluding hydrogens is 390 g/mol. The average molecular weight is 409 g/mol. The summed E-state index contributed by atoms with van der Waals surface area (Å²) >= 11 is 0. The number of ether oxygens (including phenoxy) is 1. The Labute approximate surface area is 172 Å². The molecule has 1 heterocycles. The number of rotatable bonds is 8. The number of hydrogen-bond donors (Lipinski definition) is 1. The summed E-state index contributed by atoms with van der Waals surface area (Å²) in [4.78, 5) is 36.8. The Morgan fingerprint density at radius 1 is 1.13 bits per heavy atom. The number of carbonyl (C=O) groups is 2. The van der Waals surface area contributed by atoms with Gasteiger partial charge in [0.1, 0.15) is 11.5 Å². The van der Waals surface area contributed by atoms with Crippen LogP contribution in [0.1, 0.15) is 16.1 Å². The molecule has 0 aliphatic carbocycles. The molecule has 2 aromatic carbocycles. The van der Waals surface area contributed by atoms with Crippen molar-refractivity contribution in [2.75, 3.05) is 18.6 Å². The van der Waals surface area contributed by atoms with Gasteiger partial charge in [-0.3, -0.25) is 19.7 Å². The molecule has 1 N–H and O–H groups in total. The molecule has 2 amide bonds. The van der Waals surface area contributed by atoms with Crippen molar-refractivity contribution in [3.63, 3.8) is 0 Å². The zero-order valence-corrected chi connectivity index (χ0v) is 16.1. The van der Waals surface area contributed by atoms with Crippen molar-refractivity contribution in [2.45, 2.75) is 6.54 Å². The first kappa shape index (κ1) is 20.6. The number of anilines is 1. The number of nitro groups is 1. The van der Waals surface area contributed by atoms with E-state index < -0.39 is 10.8 Å². The highest BCUT2D eigenvalue weighted by Gasteiger charge is 2.19. The lowest BCUT2D eigenvalue weighted by atomic mass is 10.1. The first-order valence-electron chi connectivity index (χ1n) is 8.99. The van der Waals surface area contributed by atoms with Crippen LogP contribution in [0, 0.1) is 10.1 Å². The molecule has 0 aliphatic heterocycles. The Balaban J connectivity index is 1.66. The number of para-hydroxylation sites is 1. The molecule has 9 nitrogen and oxygen atoms in total. The Morgan fingerprint density at radius 3 is 2.67 bits per heavy atom. The lowest BCUT2D eigenvalue weighted by Crippen LogP contribution is -2.33. The number of hydrogen-bond acceptors (Lipinski definition) is 6. The summed E-state index contributed by atoms with van der Waals surface area (Å²) in [6.07, 6.45) is 1.52. The van der Waals surface area contributed by atoms with Crippen LogP contribution in [0.3, 0.4) is 0 Å². The molecule has 0 atom stereocenters. The lowest BCUT2D eigenvalue weighted by Gasteiger charge is -2.20. The van der Waals surface area contributed by atoms with E-state index in [0.717, 1.165) is 0 Å². The predicted octanol–water partition coefficient (Wildman–Crippen LogP) is 3.16. The normalized spacial score (nSPS) is 10.3. The lowest BCUT2D eigenvalue weighted by molar-refractivity contribution is -0.384. The molecule has 0 saturated heterocycles. The van der Waals surface area contributed by atoms with Gasteiger partial charge >= 0.3 is 0 Å². The molecule has 30 heavy (non-hydrogen) atoms. The van der Waals surface area contributed by atoms with Gasteiger partial charge in [0.2, 0.25) is 0 Å². The van der Waals surface area contributed by atoms with Gasteiger partial charge in [0.05, 0.1) is 35.0 Å². The summed E-state index contributed by atoms with van der Waals surface area (Å²) in [5, 5.41) is 13.6. The molecule has 0 unspecified atom stereocenters. The topological polar surface area (TPSA) is 115 Å². The van der Waals surface area contributed by atoms with E-state index in [4.69, 9.17) is 9.15 Å². The summed E-state index contributed by atoms with van der Waals surface area (Å²) in [6.45, 7) is -0.131. The fourth-order valence-corrected chi connectivity index (χ4v) is 2.70. The van der Waals surface area contributed by atoms with Crippen molar-refractivity contribution in [1.29, 1.82) is 0 Å². The predicted molar refractivity (Wildman–Crippen MR) is 108 cm³/mol. The van der Waals surface area contributed by atoms with Crippen molar-refractivity contribution in [3.05, 3.63) is 88.4 Å². The van der Waals surface area contributed by atoms with E-state index in [2.05, 4.69) is 5.32 Å². The second-order valence-electron chi connectivity index (χ2n) is 6.28. The third kappa shape index (κ3) is 5.02. The van der Waals surface area contributed by atoms with Crippen LogP contribution in [-0.4, -0.2) is 30.4 Å². The fraction of sp³-hybridized carbons (Fsp3) is 0.143. The average Bonchev–Trinajstić information content (AvgIpc) is 3.29. The number of nitrogens with zero attached hydrogens (tertiary/aromatic N) is 2. The maximum Gasteiger partial charge on any atom is 0.273 e. The van der Waals surface area contributed by atoms with E-state index >= 15 is 0 Å². The number of likely N-dealkylation sites (N-methyl/N-ethyl adjacent to an activating group) is 1. The van der Waals surface area contributed by atoms with Gasteiger partial charge in [-0.15, -0.1) is 0 Å². The van der Waals surface area contributed by atoms with Gasteiger partial charge in [0.25, 0.3) is 17.5 Å². The minimum atomic E-state index is -0.543. The standard InChI is InChI=1S/C21H19N3O6/c1-23(20(25)14-30-16-7-4-6-15(12-16)24(27)28)19-10-3-2-9-18(19)21(26)22-13-17-8-5-11-29-17/h2-12H,13-14H2,1H3,(H,22,26). The second kappa shape index (κ2) is 9.37. The van der Waals surface area contributed by atoms with Crippen LogP contribution < -0.4 is 15.0 Å². The fourth-order valence-electron chi connectivity index (χ4n) is 2.70. The van der Waals surface area contributed by atoms with Crippen LogP contribution >= 0.6 is 0 Å². The van der Waals surface area contributed by atoms with E-state index in [1.54, 1.807) is 36.4 Å². The number of nitro benzene ring substituents is 1. The van der Waals surface area contributed by atoms with Crippen LogP contribution in [0.25, 0.3) is 0 Å². The van der Waals surface area contributed by atoms with Crippen molar-refractivity contribution in [3.8, 4) is 5.75 Å². The number of benzene rings is 2. The van der Waals surface area contributed by atoms with Crippen molar-refractivity contribution >= 4 is 23.2 Å². The minimum Gasteiger partial charge on any atom is -0.483 e. The molecule has 0 spiro atoms. The van der Waals surface area contributed by atoms with Gasteiger partial charge in [-0.1, -0.05) is 18.2 Å². The summed E-state index contributed by atoms with van der Waals surface area (Å²) < 4.78 is 10.6. The third-order valence-corrected chi connectivity index (χ3v) is 4.28. The Bertz CT molecular complexity index is 1050. The highest BCUT2D eigenvalue weighted by molar-refractivity contribution is 6.04. The molecule has 1 aromatic heterocycles. The smallest absolute Gasteiger partial charge is 0.273 e. The van der Waals surface area contributed by atoms with Crippen LogP contribution in [0.5, 0.6) is 5.75 Å².